The molecule has 5 heteroatoms. The summed E-state index contributed by atoms with van der Waals surface area (Å²) in [6.07, 6.45) is 6.19. The molecule has 0 aliphatic rings. The van der Waals surface area contributed by atoms with Gasteiger partial charge in [0.2, 0.25) is 0 Å². The highest BCUT2D eigenvalue weighted by Crippen LogP contribution is 2.26. The zero-order valence-corrected chi connectivity index (χ0v) is 13.8. The van der Waals surface area contributed by atoms with Crippen LogP contribution in [0.4, 0.5) is 0 Å². The zero-order chi connectivity index (χ0) is 15.0. The largest absolute Gasteiger partial charge is 0.307 e. The van der Waals surface area contributed by atoms with Gasteiger partial charge in [-0.25, -0.2) is 4.68 Å². The molecule has 0 saturated heterocycles. The fraction of sp³-hybridized carbons (Fsp3) is 0.933. The molecule has 1 aromatic rings. The van der Waals surface area contributed by atoms with Crippen LogP contribution >= 0.6 is 0 Å². The third-order valence-corrected chi connectivity index (χ3v) is 3.68. The Labute approximate surface area is 123 Å². The van der Waals surface area contributed by atoms with Crippen molar-refractivity contribution in [2.24, 2.45) is 5.41 Å². The molecule has 0 aromatic carbocycles. The topological polar surface area (TPSA) is 55.6 Å². The van der Waals surface area contributed by atoms with Gasteiger partial charge in [0.1, 0.15) is 0 Å². The molecule has 1 unspecified atom stereocenters. The molecule has 1 rings (SSSR count). The molecule has 0 saturated carbocycles. The predicted octanol–water partition coefficient (Wildman–Crippen LogP) is 3.34. The summed E-state index contributed by atoms with van der Waals surface area (Å²) in [6.45, 7) is 13.0. The quantitative estimate of drug-likeness (QED) is 0.668. The molecule has 0 radical (unpaired) electrons. The molecule has 0 aliphatic carbocycles. The molecule has 0 bridgehead atoms. The van der Waals surface area contributed by atoms with Crippen LogP contribution in [-0.4, -0.2) is 26.8 Å². The van der Waals surface area contributed by atoms with Crippen LogP contribution in [0.3, 0.4) is 0 Å². The van der Waals surface area contributed by atoms with E-state index in [1.165, 1.54) is 25.7 Å². The molecule has 20 heavy (non-hydrogen) atoms. The summed E-state index contributed by atoms with van der Waals surface area (Å²) >= 11 is 0. The van der Waals surface area contributed by atoms with Gasteiger partial charge in [0.15, 0.2) is 5.82 Å². The van der Waals surface area contributed by atoms with Crippen molar-refractivity contribution in [2.45, 2.75) is 79.3 Å². The maximum Gasteiger partial charge on any atom is 0.167 e. The normalized spacial score (nSPS) is 13.7. The smallest absolute Gasteiger partial charge is 0.167 e. The molecule has 0 spiro atoms. The van der Waals surface area contributed by atoms with Crippen LogP contribution < -0.4 is 5.32 Å². The minimum Gasteiger partial charge on any atom is -0.307 e. The van der Waals surface area contributed by atoms with E-state index in [9.17, 15) is 0 Å². The molecule has 5 nitrogen and oxygen atoms in total. The van der Waals surface area contributed by atoms with E-state index in [4.69, 9.17) is 0 Å². The Balaban J connectivity index is 2.61. The van der Waals surface area contributed by atoms with Crippen molar-refractivity contribution in [3.05, 3.63) is 5.82 Å². The molecule has 1 atom stereocenters. The summed E-state index contributed by atoms with van der Waals surface area (Å²) in [7, 11) is 0. The second-order valence-electron chi connectivity index (χ2n) is 6.49. The minimum absolute atomic E-state index is 0.205. The Morgan fingerprint density at radius 2 is 1.95 bits per heavy atom. The van der Waals surface area contributed by atoms with E-state index >= 15 is 0 Å². The summed E-state index contributed by atoms with van der Waals surface area (Å²) < 4.78 is 1.97. The lowest BCUT2D eigenvalue weighted by Crippen LogP contribution is -2.27. The van der Waals surface area contributed by atoms with Crippen LogP contribution in [0.15, 0.2) is 0 Å². The molecule has 116 valence electrons. The van der Waals surface area contributed by atoms with Gasteiger partial charge in [-0.3, -0.25) is 0 Å². The van der Waals surface area contributed by atoms with Crippen LogP contribution in [-0.2, 0) is 6.54 Å². The van der Waals surface area contributed by atoms with Crippen molar-refractivity contribution in [3.8, 4) is 0 Å². The predicted molar refractivity (Wildman–Crippen MR) is 82.4 cm³/mol. The van der Waals surface area contributed by atoms with Crippen LogP contribution in [0.2, 0.25) is 0 Å². The molecule has 1 N–H and O–H groups in total. The van der Waals surface area contributed by atoms with Gasteiger partial charge >= 0.3 is 0 Å². The van der Waals surface area contributed by atoms with Crippen molar-refractivity contribution in [1.82, 2.24) is 25.5 Å². The van der Waals surface area contributed by atoms with Gasteiger partial charge in [-0.05, 0) is 42.2 Å². The van der Waals surface area contributed by atoms with Crippen LogP contribution in [0.25, 0.3) is 0 Å². The number of tetrazole rings is 1. The SMILES string of the molecule is CCCCCC(C)(C)Cn1nnnc1C(C)NCCC. The Morgan fingerprint density at radius 3 is 2.60 bits per heavy atom. The highest BCUT2D eigenvalue weighted by Gasteiger charge is 2.22. The number of rotatable bonds is 10. The van der Waals surface area contributed by atoms with E-state index in [1.807, 2.05) is 4.68 Å². The van der Waals surface area contributed by atoms with E-state index in [-0.39, 0.29) is 11.5 Å². The average molecular weight is 281 g/mol. The molecule has 0 amide bonds. The summed E-state index contributed by atoms with van der Waals surface area (Å²) in [5.41, 5.74) is 0.240. The van der Waals surface area contributed by atoms with Crippen molar-refractivity contribution in [1.29, 1.82) is 0 Å². The Bertz CT molecular complexity index is 372. The minimum atomic E-state index is 0.205. The van der Waals surface area contributed by atoms with E-state index in [2.05, 4.69) is 55.5 Å². The lowest BCUT2D eigenvalue weighted by Gasteiger charge is -2.25. The van der Waals surface area contributed by atoms with Crippen LogP contribution in [0.1, 0.15) is 78.6 Å². The van der Waals surface area contributed by atoms with Gasteiger partial charge in [0, 0.05) is 6.54 Å². The number of nitrogens with one attached hydrogen (secondary N) is 1. The fourth-order valence-electron chi connectivity index (χ4n) is 2.42. The summed E-state index contributed by atoms with van der Waals surface area (Å²) in [5, 5.41) is 15.7. The number of hydrogen-bond donors (Lipinski definition) is 1. The number of nitrogens with zero attached hydrogens (tertiary/aromatic N) is 4. The lowest BCUT2D eigenvalue weighted by atomic mass is 9.87. The van der Waals surface area contributed by atoms with Crippen molar-refractivity contribution in [3.63, 3.8) is 0 Å². The maximum absolute atomic E-state index is 4.19. The molecule has 1 aromatic heterocycles. The standard InChI is InChI=1S/C15H31N5/c1-6-8-9-10-15(4,5)12-20-14(17-18-19-20)13(3)16-11-7-2/h13,16H,6-12H2,1-5H3. The second kappa shape index (κ2) is 8.35. The molecule has 1 heterocycles. The van der Waals surface area contributed by atoms with Gasteiger partial charge in [-0.1, -0.05) is 47.0 Å². The first-order valence-electron chi connectivity index (χ1n) is 7.99. The first kappa shape index (κ1) is 17.1. The molecular formula is C15H31N5. The van der Waals surface area contributed by atoms with Gasteiger partial charge in [0.05, 0.1) is 6.04 Å². The Hall–Kier alpha value is -0.970. The van der Waals surface area contributed by atoms with Crippen LogP contribution in [0, 0.1) is 5.41 Å². The first-order chi connectivity index (χ1) is 9.50. The van der Waals surface area contributed by atoms with Gasteiger partial charge in [0.25, 0.3) is 0 Å². The summed E-state index contributed by atoms with van der Waals surface area (Å²) in [5.74, 6) is 0.946. The Morgan fingerprint density at radius 1 is 1.20 bits per heavy atom. The number of hydrogen-bond acceptors (Lipinski definition) is 4. The van der Waals surface area contributed by atoms with E-state index in [0.717, 1.165) is 25.3 Å². The van der Waals surface area contributed by atoms with Gasteiger partial charge in [-0.2, -0.15) is 0 Å². The number of aromatic nitrogens is 4. The zero-order valence-electron chi connectivity index (χ0n) is 13.8. The maximum atomic E-state index is 4.19. The highest BCUT2D eigenvalue weighted by molar-refractivity contribution is 4.90. The average Bonchev–Trinajstić information content (AvgIpc) is 2.83. The molecule has 0 aliphatic heterocycles. The monoisotopic (exact) mass is 281 g/mol. The third-order valence-electron chi connectivity index (χ3n) is 3.68. The fourth-order valence-corrected chi connectivity index (χ4v) is 2.42. The van der Waals surface area contributed by atoms with Gasteiger partial charge in [-0.15, -0.1) is 5.10 Å². The lowest BCUT2D eigenvalue weighted by molar-refractivity contribution is 0.250. The van der Waals surface area contributed by atoms with Crippen molar-refractivity contribution < 1.29 is 0 Å². The summed E-state index contributed by atoms with van der Waals surface area (Å²) in [6, 6.07) is 0.205. The van der Waals surface area contributed by atoms with E-state index in [0.29, 0.717) is 0 Å². The molecule has 0 fully saturated rings. The van der Waals surface area contributed by atoms with Gasteiger partial charge < -0.3 is 5.32 Å². The highest BCUT2D eigenvalue weighted by atomic mass is 15.5. The summed E-state index contributed by atoms with van der Waals surface area (Å²) in [4.78, 5) is 0. The third kappa shape index (κ3) is 5.57. The first-order valence-corrected chi connectivity index (χ1v) is 7.99. The Kier molecular flexibility index (Phi) is 7.13. The molecular weight excluding hydrogens is 250 g/mol. The number of unbranched alkanes of at least 4 members (excludes halogenated alkanes) is 2. The van der Waals surface area contributed by atoms with E-state index in [1.54, 1.807) is 0 Å². The van der Waals surface area contributed by atoms with E-state index < -0.39 is 0 Å². The second-order valence-corrected chi connectivity index (χ2v) is 6.49. The van der Waals surface area contributed by atoms with Crippen molar-refractivity contribution in [2.75, 3.05) is 6.54 Å². The van der Waals surface area contributed by atoms with Crippen LogP contribution in [0.5, 0.6) is 0 Å². The van der Waals surface area contributed by atoms with Crippen molar-refractivity contribution >= 4 is 0 Å².